The van der Waals surface area contributed by atoms with Crippen LogP contribution in [0.25, 0.3) is 6.08 Å². The first-order valence-electron chi connectivity index (χ1n) is 10.6. The largest absolute Gasteiger partial charge is 0.497 e. The summed E-state index contributed by atoms with van der Waals surface area (Å²) in [7, 11) is 1.56. The lowest BCUT2D eigenvalue weighted by atomic mass is 10.1. The highest BCUT2D eigenvalue weighted by molar-refractivity contribution is 6.16. The van der Waals surface area contributed by atoms with Crippen molar-refractivity contribution in [2.75, 3.05) is 37.0 Å². The molecule has 8 heteroatoms. The lowest BCUT2D eigenvalue weighted by Crippen LogP contribution is -2.38. The summed E-state index contributed by atoms with van der Waals surface area (Å²) in [6.45, 7) is 3.72. The van der Waals surface area contributed by atoms with Crippen molar-refractivity contribution in [1.82, 2.24) is 10.2 Å². The summed E-state index contributed by atoms with van der Waals surface area (Å²) in [5.74, 6) is -0.329. The molecule has 0 unspecified atom stereocenters. The lowest BCUT2D eigenvalue weighted by molar-refractivity contribution is -0.127. The van der Waals surface area contributed by atoms with E-state index in [1.807, 2.05) is 19.1 Å². The van der Waals surface area contributed by atoms with E-state index >= 15 is 0 Å². The van der Waals surface area contributed by atoms with E-state index in [1.165, 1.54) is 18.5 Å². The number of carbonyl (C=O) groups excluding carboxylic acids is 3. The number of benzene rings is 2. The van der Waals surface area contributed by atoms with Crippen LogP contribution in [0.2, 0.25) is 0 Å². The summed E-state index contributed by atoms with van der Waals surface area (Å²) in [6, 6.07) is 12.3. The number of ether oxygens (including phenoxy) is 1. The summed E-state index contributed by atoms with van der Waals surface area (Å²) in [6.07, 6.45) is 4.06. The highest BCUT2D eigenvalue weighted by Crippen LogP contribution is 2.25. The summed E-state index contributed by atoms with van der Waals surface area (Å²) in [5, 5.41) is 5.25. The van der Waals surface area contributed by atoms with E-state index in [0.29, 0.717) is 11.4 Å². The summed E-state index contributed by atoms with van der Waals surface area (Å²) in [5.41, 5.74) is 3.73. The minimum atomic E-state index is -0.613. The Morgan fingerprint density at radius 3 is 2.50 bits per heavy atom. The van der Waals surface area contributed by atoms with Crippen LogP contribution in [0.3, 0.4) is 0 Å². The monoisotopic (exact) mass is 434 g/mol. The van der Waals surface area contributed by atoms with Gasteiger partial charge in [-0.1, -0.05) is 6.07 Å². The lowest BCUT2D eigenvalue weighted by Gasteiger charge is -2.18. The van der Waals surface area contributed by atoms with Gasteiger partial charge in [-0.05, 0) is 73.4 Å². The molecular weight excluding hydrogens is 408 g/mol. The Labute approximate surface area is 186 Å². The maximum absolute atomic E-state index is 12.7. The van der Waals surface area contributed by atoms with E-state index in [9.17, 15) is 14.4 Å². The average molecular weight is 434 g/mol. The van der Waals surface area contributed by atoms with Crippen molar-refractivity contribution in [2.45, 2.75) is 19.8 Å². The molecular formula is C24H26N4O4. The van der Waals surface area contributed by atoms with Crippen LogP contribution in [0.4, 0.5) is 16.2 Å². The fourth-order valence-electron chi connectivity index (χ4n) is 3.88. The number of amides is 4. The first-order valence-corrected chi connectivity index (χ1v) is 10.6. The Bertz CT molecular complexity index is 1070. The number of aryl methyl sites for hydroxylation is 1. The first-order chi connectivity index (χ1) is 15.4. The number of carbonyl (C=O) groups is 3. The number of imide groups is 1. The highest BCUT2D eigenvalue weighted by atomic mass is 16.5. The summed E-state index contributed by atoms with van der Waals surface area (Å²) < 4.78 is 5.08. The van der Waals surface area contributed by atoms with Crippen molar-refractivity contribution in [1.29, 1.82) is 0 Å². The molecule has 166 valence electrons. The molecule has 2 N–H and O–H groups in total. The molecule has 2 aliphatic heterocycles. The second-order valence-electron chi connectivity index (χ2n) is 7.89. The zero-order valence-electron chi connectivity index (χ0n) is 18.2. The Hall–Kier alpha value is -3.81. The summed E-state index contributed by atoms with van der Waals surface area (Å²) >= 11 is 0. The Kier molecular flexibility index (Phi) is 6.11. The number of methoxy groups -OCH3 is 1. The molecule has 0 saturated carbocycles. The fraction of sp³-hybridized carbons (Fsp3) is 0.292. The molecule has 4 amide bonds. The third-order valence-corrected chi connectivity index (χ3v) is 5.66. The van der Waals surface area contributed by atoms with Gasteiger partial charge in [0, 0.05) is 24.5 Å². The van der Waals surface area contributed by atoms with E-state index in [-0.39, 0.29) is 12.2 Å². The molecule has 2 saturated heterocycles. The predicted octanol–water partition coefficient (Wildman–Crippen LogP) is 3.14. The molecule has 0 atom stereocenters. The number of anilines is 2. The number of hydrogen-bond acceptors (Lipinski definition) is 5. The Morgan fingerprint density at radius 1 is 1.12 bits per heavy atom. The van der Waals surface area contributed by atoms with Crippen LogP contribution < -0.4 is 20.3 Å². The number of nitrogens with one attached hydrogen (secondary N) is 2. The van der Waals surface area contributed by atoms with Gasteiger partial charge in [0.05, 0.1) is 7.11 Å². The molecule has 2 fully saturated rings. The van der Waals surface area contributed by atoms with Crippen molar-refractivity contribution >= 4 is 35.3 Å². The van der Waals surface area contributed by atoms with Gasteiger partial charge in [0.2, 0.25) is 5.91 Å². The van der Waals surface area contributed by atoms with Crippen LogP contribution in [0.15, 0.2) is 48.2 Å². The number of urea groups is 1. The standard InChI is InChI=1S/C24H26N4O4/c1-16-13-19(27-11-3-4-12-27)8-5-17(16)14-21-23(30)28(24(31)26-21)15-22(29)25-18-6-9-20(32-2)10-7-18/h5-10,13-14H,3-4,11-12,15H2,1-2H3,(H,25,29)(H,26,31)/b21-14-. The van der Waals surface area contributed by atoms with Crippen LogP contribution in [0, 0.1) is 6.92 Å². The van der Waals surface area contributed by atoms with Gasteiger partial charge in [-0.2, -0.15) is 0 Å². The van der Waals surface area contributed by atoms with Crippen molar-refractivity contribution < 1.29 is 19.1 Å². The molecule has 0 radical (unpaired) electrons. The van der Waals surface area contributed by atoms with Gasteiger partial charge in [-0.3, -0.25) is 9.59 Å². The molecule has 0 aliphatic carbocycles. The molecule has 2 aromatic rings. The molecule has 8 nitrogen and oxygen atoms in total. The smallest absolute Gasteiger partial charge is 0.329 e. The molecule has 0 aromatic heterocycles. The van der Waals surface area contributed by atoms with Crippen molar-refractivity contribution in [2.24, 2.45) is 0 Å². The van der Waals surface area contributed by atoms with Crippen molar-refractivity contribution in [3.8, 4) is 5.75 Å². The third kappa shape index (κ3) is 4.59. The van der Waals surface area contributed by atoms with Crippen LogP contribution in [0.1, 0.15) is 24.0 Å². The zero-order valence-corrected chi connectivity index (χ0v) is 18.2. The van der Waals surface area contributed by atoms with Gasteiger partial charge in [-0.15, -0.1) is 0 Å². The van der Waals surface area contributed by atoms with Gasteiger partial charge in [0.15, 0.2) is 0 Å². The predicted molar refractivity (Wildman–Crippen MR) is 122 cm³/mol. The van der Waals surface area contributed by atoms with Crippen molar-refractivity contribution in [3.63, 3.8) is 0 Å². The van der Waals surface area contributed by atoms with Gasteiger partial charge in [0.25, 0.3) is 5.91 Å². The van der Waals surface area contributed by atoms with Gasteiger partial charge >= 0.3 is 6.03 Å². The molecule has 2 aliphatic rings. The Balaban J connectivity index is 1.42. The summed E-state index contributed by atoms with van der Waals surface area (Å²) in [4.78, 5) is 40.7. The molecule has 0 spiro atoms. The Morgan fingerprint density at radius 2 is 1.84 bits per heavy atom. The van der Waals surface area contributed by atoms with E-state index in [0.717, 1.165) is 29.1 Å². The first kappa shape index (κ1) is 21.4. The van der Waals surface area contributed by atoms with Crippen LogP contribution in [-0.2, 0) is 9.59 Å². The molecule has 4 rings (SSSR count). The third-order valence-electron chi connectivity index (χ3n) is 5.66. The number of rotatable bonds is 6. The normalized spacial score (nSPS) is 17.1. The van der Waals surface area contributed by atoms with Gasteiger partial charge in [-0.25, -0.2) is 9.69 Å². The molecule has 2 aromatic carbocycles. The molecule has 32 heavy (non-hydrogen) atoms. The van der Waals surface area contributed by atoms with E-state index in [2.05, 4.69) is 21.6 Å². The maximum Gasteiger partial charge on any atom is 0.329 e. The van der Waals surface area contributed by atoms with E-state index in [1.54, 1.807) is 37.5 Å². The van der Waals surface area contributed by atoms with Crippen LogP contribution in [-0.4, -0.2) is 49.5 Å². The average Bonchev–Trinajstić information content (AvgIpc) is 3.41. The topological polar surface area (TPSA) is 91.0 Å². The second kappa shape index (κ2) is 9.13. The SMILES string of the molecule is COc1ccc(NC(=O)CN2C(=O)N/C(=C\c3ccc(N4CCCC4)cc3C)C2=O)cc1. The maximum atomic E-state index is 12.7. The highest BCUT2D eigenvalue weighted by Gasteiger charge is 2.35. The minimum absolute atomic E-state index is 0.157. The molecule has 2 heterocycles. The van der Waals surface area contributed by atoms with E-state index in [4.69, 9.17) is 4.74 Å². The zero-order chi connectivity index (χ0) is 22.7. The van der Waals surface area contributed by atoms with Gasteiger partial charge in [0.1, 0.15) is 18.0 Å². The number of hydrogen-bond donors (Lipinski definition) is 2. The molecule has 0 bridgehead atoms. The quantitative estimate of drug-likeness (QED) is 0.539. The van der Waals surface area contributed by atoms with Crippen LogP contribution in [0.5, 0.6) is 5.75 Å². The van der Waals surface area contributed by atoms with Crippen LogP contribution >= 0.6 is 0 Å². The second-order valence-corrected chi connectivity index (χ2v) is 7.89. The fourth-order valence-corrected chi connectivity index (χ4v) is 3.88. The van der Waals surface area contributed by atoms with Crippen molar-refractivity contribution in [3.05, 3.63) is 59.3 Å². The van der Waals surface area contributed by atoms with E-state index < -0.39 is 17.8 Å². The number of nitrogens with zero attached hydrogens (tertiary/aromatic N) is 2. The van der Waals surface area contributed by atoms with Gasteiger partial charge < -0.3 is 20.3 Å². The minimum Gasteiger partial charge on any atom is -0.497 e.